The first-order valence-electron chi connectivity index (χ1n) is 10.0. The van der Waals surface area contributed by atoms with Crippen molar-refractivity contribution < 1.29 is 0 Å². The van der Waals surface area contributed by atoms with Gasteiger partial charge >= 0.3 is 0 Å². The second-order valence-corrected chi connectivity index (χ2v) is 8.19. The van der Waals surface area contributed by atoms with Crippen LogP contribution < -0.4 is 4.90 Å². The summed E-state index contributed by atoms with van der Waals surface area (Å²) >= 11 is 6.30. The fraction of sp³-hybridized carbons (Fsp3) is 0.391. The van der Waals surface area contributed by atoms with Crippen LogP contribution in [0.25, 0.3) is 10.9 Å². The van der Waals surface area contributed by atoms with Gasteiger partial charge in [0.2, 0.25) is 0 Å². The van der Waals surface area contributed by atoms with Gasteiger partial charge in [-0.15, -0.1) is 0 Å². The van der Waals surface area contributed by atoms with E-state index in [1.54, 1.807) is 0 Å². The van der Waals surface area contributed by atoms with E-state index >= 15 is 0 Å². The van der Waals surface area contributed by atoms with Crippen LogP contribution in [0.1, 0.15) is 24.2 Å². The van der Waals surface area contributed by atoms with E-state index in [-0.39, 0.29) is 0 Å². The van der Waals surface area contributed by atoms with Crippen LogP contribution in [-0.4, -0.2) is 48.1 Å². The molecule has 0 bridgehead atoms. The molecule has 0 spiro atoms. The summed E-state index contributed by atoms with van der Waals surface area (Å²) in [6.07, 6.45) is 4.07. The van der Waals surface area contributed by atoms with Gasteiger partial charge in [-0.1, -0.05) is 41.9 Å². The van der Waals surface area contributed by atoms with E-state index in [0.29, 0.717) is 6.04 Å². The first-order chi connectivity index (χ1) is 13.6. The molecule has 4 rings (SSSR count). The van der Waals surface area contributed by atoms with Gasteiger partial charge in [-0.05, 0) is 63.2 Å². The van der Waals surface area contributed by atoms with Gasteiger partial charge in [-0.3, -0.25) is 0 Å². The van der Waals surface area contributed by atoms with Crippen molar-refractivity contribution in [2.24, 2.45) is 0 Å². The Morgan fingerprint density at radius 1 is 1.04 bits per heavy atom. The van der Waals surface area contributed by atoms with Crippen LogP contribution in [0.5, 0.6) is 0 Å². The maximum absolute atomic E-state index is 6.30. The molecule has 2 heterocycles. The van der Waals surface area contributed by atoms with Crippen LogP contribution >= 0.6 is 11.6 Å². The molecule has 146 valence electrons. The van der Waals surface area contributed by atoms with Crippen LogP contribution in [0.4, 0.5) is 5.82 Å². The van der Waals surface area contributed by atoms with Crippen LogP contribution in [0.3, 0.4) is 0 Å². The molecule has 1 aromatic heterocycles. The van der Waals surface area contributed by atoms with Gasteiger partial charge in [0.15, 0.2) is 0 Å². The molecule has 28 heavy (non-hydrogen) atoms. The quantitative estimate of drug-likeness (QED) is 0.633. The highest BCUT2D eigenvalue weighted by molar-refractivity contribution is 6.31. The highest BCUT2D eigenvalue weighted by atomic mass is 35.5. The predicted molar refractivity (Wildman–Crippen MR) is 117 cm³/mol. The molecule has 0 unspecified atom stereocenters. The fourth-order valence-corrected chi connectivity index (χ4v) is 4.14. The third kappa shape index (κ3) is 4.29. The highest BCUT2D eigenvalue weighted by Gasteiger charge is 2.23. The van der Waals surface area contributed by atoms with Crippen molar-refractivity contribution in [2.75, 3.05) is 32.1 Å². The molecular formula is C23H27ClN4. The van der Waals surface area contributed by atoms with Gasteiger partial charge in [0.1, 0.15) is 11.6 Å². The lowest BCUT2D eigenvalue weighted by molar-refractivity contribution is 0.252. The molecule has 1 aliphatic heterocycles. The van der Waals surface area contributed by atoms with Gasteiger partial charge in [-0.2, -0.15) is 0 Å². The van der Waals surface area contributed by atoms with E-state index in [1.165, 1.54) is 5.56 Å². The molecule has 0 amide bonds. The number of hydrogen-bond donors (Lipinski definition) is 0. The van der Waals surface area contributed by atoms with Crippen molar-refractivity contribution in [1.29, 1.82) is 0 Å². The van der Waals surface area contributed by atoms with Crippen LogP contribution in [0.2, 0.25) is 5.02 Å². The minimum Gasteiger partial charge on any atom is -0.356 e. The molecule has 0 atom stereocenters. The zero-order chi connectivity index (χ0) is 19.5. The van der Waals surface area contributed by atoms with Crippen molar-refractivity contribution in [3.05, 3.63) is 64.9 Å². The SMILES string of the molecule is CN1CCC(N(C)c2nc(CCc3ccccc3)nc3ccc(Cl)cc23)CC1. The fourth-order valence-electron chi connectivity index (χ4n) is 3.97. The number of nitrogens with zero attached hydrogens (tertiary/aromatic N) is 4. The Labute approximate surface area is 172 Å². The number of piperidine rings is 1. The Bertz CT molecular complexity index is 936. The minimum absolute atomic E-state index is 0.496. The third-order valence-corrected chi connectivity index (χ3v) is 5.97. The Hall–Kier alpha value is -2.17. The molecule has 0 radical (unpaired) electrons. The number of hydrogen-bond acceptors (Lipinski definition) is 4. The van der Waals surface area contributed by atoms with Gasteiger partial charge in [0.05, 0.1) is 5.52 Å². The lowest BCUT2D eigenvalue weighted by Crippen LogP contribution is -2.42. The molecule has 1 fully saturated rings. The summed E-state index contributed by atoms with van der Waals surface area (Å²) in [7, 11) is 4.36. The van der Waals surface area contributed by atoms with E-state index in [1.807, 2.05) is 18.2 Å². The minimum atomic E-state index is 0.496. The average Bonchev–Trinajstić information content (AvgIpc) is 2.72. The smallest absolute Gasteiger partial charge is 0.140 e. The monoisotopic (exact) mass is 394 g/mol. The summed E-state index contributed by atoms with van der Waals surface area (Å²) in [4.78, 5) is 14.6. The normalized spacial score (nSPS) is 15.8. The van der Waals surface area contributed by atoms with E-state index in [9.17, 15) is 0 Å². The summed E-state index contributed by atoms with van der Waals surface area (Å²) in [5.41, 5.74) is 2.28. The molecule has 1 saturated heterocycles. The lowest BCUT2D eigenvalue weighted by Gasteiger charge is -2.36. The van der Waals surface area contributed by atoms with Crippen molar-refractivity contribution in [3.8, 4) is 0 Å². The molecule has 2 aromatic carbocycles. The van der Waals surface area contributed by atoms with Crippen LogP contribution in [0, 0.1) is 0 Å². The standard InChI is InChI=1S/C23H27ClN4/c1-27-14-12-19(13-15-27)28(2)23-20-16-18(24)9-10-21(20)25-22(26-23)11-8-17-6-4-3-5-7-17/h3-7,9-10,16,19H,8,11-15H2,1-2H3. The number of fused-ring (bicyclic) bond motifs is 1. The first-order valence-corrected chi connectivity index (χ1v) is 10.4. The van der Waals surface area contributed by atoms with E-state index in [4.69, 9.17) is 21.6 Å². The summed E-state index contributed by atoms with van der Waals surface area (Å²) in [5, 5.41) is 1.77. The van der Waals surface area contributed by atoms with Crippen LogP contribution in [-0.2, 0) is 12.8 Å². The third-order valence-electron chi connectivity index (χ3n) is 5.73. The van der Waals surface area contributed by atoms with E-state index < -0.39 is 0 Å². The second-order valence-electron chi connectivity index (χ2n) is 7.76. The molecule has 5 heteroatoms. The van der Waals surface area contributed by atoms with Crippen molar-refractivity contribution in [1.82, 2.24) is 14.9 Å². The van der Waals surface area contributed by atoms with Gasteiger partial charge in [0.25, 0.3) is 0 Å². The second kappa shape index (κ2) is 8.46. The Kier molecular flexibility index (Phi) is 5.79. The van der Waals surface area contributed by atoms with Crippen molar-refractivity contribution in [2.45, 2.75) is 31.7 Å². The number of aryl methyl sites for hydroxylation is 2. The average molecular weight is 395 g/mol. The predicted octanol–water partition coefficient (Wildman–Crippen LogP) is 4.60. The zero-order valence-electron chi connectivity index (χ0n) is 16.6. The Balaban J connectivity index is 1.65. The zero-order valence-corrected chi connectivity index (χ0v) is 17.4. The summed E-state index contributed by atoms with van der Waals surface area (Å²) in [6, 6.07) is 17.0. The summed E-state index contributed by atoms with van der Waals surface area (Å²) in [5.74, 6) is 1.90. The van der Waals surface area contributed by atoms with Gasteiger partial charge in [0, 0.05) is 29.9 Å². The van der Waals surface area contributed by atoms with Gasteiger partial charge in [-0.25, -0.2) is 9.97 Å². The molecule has 0 saturated carbocycles. The maximum atomic E-state index is 6.30. The highest BCUT2D eigenvalue weighted by Crippen LogP contribution is 2.29. The number of aromatic nitrogens is 2. The van der Waals surface area contributed by atoms with Crippen molar-refractivity contribution >= 4 is 28.3 Å². The number of likely N-dealkylation sites (tertiary alicyclic amines) is 1. The summed E-state index contributed by atoms with van der Waals surface area (Å²) < 4.78 is 0. The summed E-state index contributed by atoms with van der Waals surface area (Å²) in [6.45, 7) is 2.25. The number of rotatable bonds is 5. The number of halogens is 1. The van der Waals surface area contributed by atoms with Crippen LogP contribution in [0.15, 0.2) is 48.5 Å². The molecule has 0 N–H and O–H groups in total. The van der Waals surface area contributed by atoms with Gasteiger partial charge < -0.3 is 9.80 Å². The molecule has 3 aromatic rings. The van der Waals surface area contributed by atoms with E-state index in [2.05, 4.69) is 54.2 Å². The Morgan fingerprint density at radius 3 is 2.54 bits per heavy atom. The van der Waals surface area contributed by atoms with E-state index in [0.717, 1.165) is 66.3 Å². The lowest BCUT2D eigenvalue weighted by atomic mass is 10.0. The number of anilines is 1. The molecule has 0 aliphatic carbocycles. The molecule has 1 aliphatic rings. The van der Waals surface area contributed by atoms with Crippen molar-refractivity contribution in [3.63, 3.8) is 0 Å². The maximum Gasteiger partial charge on any atom is 0.140 e. The molecule has 4 nitrogen and oxygen atoms in total. The number of benzene rings is 2. The largest absolute Gasteiger partial charge is 0.356 e. The molecular weight excluding hydrogens is 368 g/mol. The Morgan fingerprint density at radius 2 is 1.79 bits per heavy atom. The first kappa shape index (κ1) is 19.2. The topological polar surface area (TPSA) is 32.3 Å².